The van der Waals surface area contributed by atoms with Crippen molar-refractivity contribution in [3.63, 3.8) is 0 Å². The number of carbonyl (C=O) groups is 1. The second-order valence-electron chi connectivity index (χ2n) is 8.33. The molecule has 0 fully saturated rings. The Morgan fingerprint density at radius 2 is 1.36 bits per heavy atom. The average molecular weight is 482 g/mol. The molecule has 0 amide bonds. The van der Waals surface area contributed by atoms with Gasteiger partial charge < -0.3 is 14.2 Å². The number of unbranched alkanes of at least 4 members (excludes halogenated alkanes) is 2. The van der Waals surface area contributed by atoms with Crippen LogP contribution in [-0.2, 0) is 0 Å². The minimum atomic E-state index is 0.515. The monoisotopic (exact) mass is 481 g/mol. The molecule has 0 N–H and O–H groups in total. The Balaban J connectivity index is 1.31. The van der Waals surface area contributed by atoms with E-state index in [1.807, 2.05) is 49.4 Å². The van der Waals surface area contributed by atoms with E-state index in [1.165, 1.54) is 0 Å². The van der Waals surface area contributed by atoms with E-state index in [2.05, 4.69) is 30.3 Å². The first-order valence-corrected chi connectivity index (χ1v) is 12.4. The van der Waals surface area contributed by atoms with Crippen LogP contribution < -0.4 is 14.2 Å². The lowest BCUT2D eigenvalue weighted by Crippen LogP contribution is -2.04. The number of benzene rings is 3. The number of pyridine rings is 1. The molecule has 0 radical (unpaired) electrons. The van der Waals surface area contributed by atoms with Crippen LogP contribution in [0.25, 0.3) is 22.4 Å². The van der Waals surface area contributed by atoms with Gasteiger partial charge in [0.1, 0.15) is 6.29 Å². The third-order valence-electron chi connectivity index (χ3n) is 5.68. The Morgan fingerprint density at radius 1 is 0.667 bits per heavy atom. The first kappa shape index (κ1) is 25.0. The highest BCUT2D eigenvalue weighted by Gasteiger charge is 2.09. The predicted molar refractivity (Wildman–Crippen MR) is 143 cm³/mol. The van der Waals surface area contributed by atoms with Gasteiger partial charge in [-0.15, -0.1) is 0 Å². The molecular formula is C31H31NO4. The molecule has 0 aliphatic rings. The summed E-state index contributed by atoms with van der Waals surface area (Å²) >= 11 is 0. The number of rotatable bonds is 13. The van der Waals surface area contributed by atoms with E-state index in [-0.39, 0.29) is 0 Å². The van der Waals surface area contributed by atoms with Crippen LogP contribution in [0.15, 0.2) is 91.0 Å². The quantitative estimate of drug-likeness (QED) is 0.149. The number of aldehydes is 1. The summed E-state index contributed by atoms with van der Waals surface area (Å²) in [5.74, 6) is 1.89. The SMILES string of the molecule is CCOc1cc(C=O)ccc1OCCCCCOc1cc(-c2ccccc2)cc(-c2ccccc2)n1. The number of aromatic nitrogens is 1. The number of ether oxygens (including phenoxy) is 3. The zero-order chi connectivity index (χ0) is 25.0. The van der Waals surface area contributed by atoms with Crippen LogP contribution in [0.1, 0.15) is 36.5 Å². The van der Waals surface area contributed by atoms with Crippen molar-refractivity contribution < 1.29 is 19.0 Å². The smallest absolute Gasteiger partial charge is 0.214 e. The van der Waals surface area contributed by atoms with Crippen molar-refractivity contribution in [1.29, 1.82) is 0 Å². The zero-order valence-corrected chi connectivity index (χ0v) is 20.6. The second kappa shape index (κ2) is 13.1. The van der Waals surface area contributed by atoms with Crippen molar-refractivity contribution in [2.45, 2.75) is 26.2 Å². The summed E-state index contributed by atoms with van der Waals surface area (Å²) < 4.78 is 17.6. The summed E-state index contributed by atoms with van der Waals surface area (Å²) in [4.78, 5) is 15.8. The van der Waals surface area contributed by atoms with Gasteiger partial charge in [0, 0.05) is 17.2 Å². The largest absolute Gasteiger partial charge is 0.490 e. The van der Waals surface area contributed by atoms with Crippen LogP contribution in [0, 0.1) is 0 Å². The molecule has 5 nitrogen and oxygen atoms in total. The number of hydrogen-bond donors (Lipinski definition) is 0. The number of nitrogens with zero attached hydrogens (tertiary/aromatic N) is 1. The van der Waals surface area contributed by atoms with Crippen LogP contribution >= 0.6 is 0 Å². The fourth-order valence-corrected chi connectivity index (χ4v) is 3.86. The second-order valence-corrected chi connectivity index (χ2v) is 8.33. The van der Waals surface area contributed by atoms with Gasteiger partial charge in [0.15, 0.2) is 11.5 Å². The van der Waals surface area contributed by atoms with Gasteiger partial charge in [-0.1, -0.05) is 60.7 Å². The van der Waals surface area contributed by atoms with Gasteiger partial charge in [-0.25, -0.2) is 4.98 Å². The standard InChI is InChI=1S/C31H31NO4/c1-2-34-30-20-24(23-33)16-17-29(30)35-18-10-5-11-19-36-31-22-27(25-12-6-3-7-13-25)21-28(32-31)26-14-8-4-9-15-26/h3-4,6-9,12-17,20-23H,2,5,10-11,18-19H2,1H3. The molecule has 1 aromatic heterocycles. The van der Waals surface area contributed by atoms with Gasteiger partial charge in [-0.3, -0.25) is 4.79 Å². The van der Waals surface area contributed by atoms with Gasteiger partial charge in [0.05, 0.1) is 25.5 Å². The highest BCUT2D eigenvalue weighted by Crippen LogP contribution is 2.30. The van der Waals surface area contributed by atoms with Crippen LogP contribution in [0.2, 0.25) is 0 Å². The van der Waals surface area contributed by atoms with Crippen LogP contribution in [0.3, 0.4) is 0 Å². The Kier molecular flexibility index (Phi) is 9.09. The molecule has 4 aromatic rings. The molecule has 4 rings (SSSR count). The Hall–Kier alpha value is -4.12. The van der Waals surface area contributed by atoms with Crippen LogP contribution in [-0.4, -0.2) is 31.1 Å². The topological polar surface area (TPSA) is 57.7 Å². The molecule has 0 unspecified atom stereocenters. The van der Waals surface area contributed by atoms with E-state index in [4.69, 9.17) is 19.2 Å². The number of hydrogen-bond acceptors (Lipinski definition) is 5. The van der Waals surface area contributed by atoms with E-state index in [1.54, 1.807) is 18.2 Å². The van der Waals surface area contributed by atoms with E-state index in [9.17, 15) is 4.79 Å². The van der Waals surface area contributed by atoms with Crippen molar-refractivity contribution in [2.24, 2.45) is 0 Å². The van der Waals surface area contributed by atoms with Crippen molar-refractivity contribution >= 4 is 6.29 Å². The maximum atomic E-state index is 11.0. The van der Waals surface area contributed by atoms with E-state index in [0.29, 0.717) is 42.8 Å². The molecule has 0 saturated heterocycles. The van der Waals surface area contributed by atoms with Gasteiger partial charge in [-0.05, 0) is 61.6 Å². The normalized spacial score (nSPS) is 10.6. The van der Waals surface area contributed by atoms with Crippen LogP contribution in [0.4, 0.5) is 0 Å². The van der Waals surface area contributed by atoms with Crippen molar-refractivity contribution in [3.05, 3.63) is 96.6 Å². The molecule has 0 bridgehead atoms. The summed E-state index contributed by atoms with van der Waals surface area (Å²) in [5.41, 5.74) is 4.74. The Bertz CT molecular complexity index is 1180. The van der Waals surface area contributed by atoms with Crippen molar-refractivity contribution in [3.8, 4) is 39.8 Å². The fraction of sp³-hybridized carbons (Fsp3) is 0.226. The first-order valence-electron chi connectivity index (χ1n) is 12.4. The molecule has 0 saturated carbocycles. The molecule has 0 aliphatic carbocycles. The molecule has 184 valence electrons. The maximum Gasteiger partial charge on any atom is 0.214 e. The zero-order valence-electron chi connectivity index (χ0n) is 20.6. The van der Waals surface area contributed by atoms with Gasteiger partial charge in [0.25, 0.3) is 0 Å². The molecule has 1 heterocycles. The first-order chi connectivity index (χ1) is 17.8. The molecule has 3 aromatic carbocycles. The highest BCUT2D eigenvalue weighted by atomic mass is 16.5. The summed E-state index contributed by atoms with van der Waals surface area (Å²) in [6.45, 7) is 3.57. The van der Waals surface area contributed by atoms with E-state index < -0.39 is 0 Å². The highest BCUT2D eigenvalue weighted by molar-refractivity contribution is 5.76. The van der Waals surface area contributed by atoms with Crippen LogP contribution in [0.5, 0.6) is 17.4 Å². The molecule has 0 atom stereocenters. The fourth-order valence-electron chi connectivity index (χ4n) is 3.86. The lowest BCUT2D eigenvalue weighted by atomic mass is 10.0. The summed E-state index contributed by atoms with van der Waals surface area (Å²) in [5, 5.41) is 0. The molecule has 0 aliphatic heterocycles. The number of carbonyl (C=O) groups excluding carboxylic acids is 1. The Labute approximate surface area is 212 Å². The third kappa shape index (κ3) is 6.95. The summed E-state index contributed by atoms with van der Waals surface area (Å²) in [6, 6.07) is 29.8. The van der Waals surface area contributed by atoms with Crippen molar-refractivity contribution in [1.82, 2.24) is 4.98 Å². The lowest BCUT2D eigenvalue weighted by molar-refractivity contribution is 0.112. The predicted octanol–water partition coefficient (Wildman–Crippen LogP) is 7.25. The molecular weight excluding hydrogens is 450 g/mol. The van der Waals surface area contributed by atoms with Crippen molar-refractivity contribution in [2.75, 3.05) is 19.8 Å². The average Bonchev–Trinajstić information content (AvgIpc) is 2.94. The maximum absolute atomic E-state index is 11.0. The van der Waals surface area contributed by atoms with E-state index in [0.717, 1.165) is 47.9 Å². The lowest BCUT2D eigenvalue weighted by Gasteiger charge is -2.13. The minimum Gasteiger partial charge on any atom is -0.490 e. The summed E-state index contributed by atoms with van der Waals surface area (Å²) in [6.07, 6.45) is 3.54. The third-order valence-corrected chi connectivity index (χ3v) is 5.68. The van der Waals surface area contributed by atoms with Gasteiger partial charge >= 0.3 is 0 Å². The molecule has 0 spiro atoms. The molecule has 5 heteroatoms. The minimum absolute atomic E-state index is 0.515. The summed E-state index contributed by atoms with van der Waals surface area (Å²) in [7, 11) is 0. The van der Waals surface area contributed by atoms with Gasteiger partial charge in [-0.2, -0.15) is 0 Å². The molecule has 36 heavy (non-hydrogen) atoms. The Morgan fingerprint density at radius 3 is 2.06 bits per heavy atom. The van der Waals surface area contributed by atoms with Gasteiger partial charge in [0.2, 0.25) is 5.88 Å². The van der Waals surface area contributed by atoms with E-state index >= 15 is 0 Å².